The Morgan fingerprint density at radius 1 is 0.791 bits per heavy atom. The van der Waals surface area contributed by atoms with Gasteiger partial charge < -0.3 is 19.2 Å². The number of nitrogens with one attached hydrogen (secondary N) is 1. The number of hydrogen-bond donors (Lipinski definition) is 1. The maximum absolute atomic E-state index is 7.29. The van der Waals surface area contributed by atoms with E-state index in [2.05, 4.69) is 118 Å². The molecule has 0 amide bonds. The predicted octanol–water partition coefficient (Wildman–Crippen LogP) is 6.99. The van der Waals surface area contributed by atoms with Crippen LogP contribution in [-0.4, -0.2) is 38.2 Å². The molecular formula is C36H40ClNO3SSi. The van der Waals surface area contributed by atoms with Crippen LogP contribution in [0.2, 0.25) is 10.1 Å². The minimum atomic E-state index is -2.76. The fourth-order valence-electron chi connectivity index (χ4n) is 5.98. The first-order valence-corrected chi connectivity index (χ1v) is 17.5. The van der Waals surface area contributed by atoms with Crippen molar-refractivity contribution in [2.24, 2.45) is 0 Å². The van der Waals surface area contributed by atoms with Crippen LogP contribution in [0.1, 0.15) is 37.5 Å². The van der Waals surface area contributed by atoms with E-state index in [4.69, 9.17) is 37.7 Å². The third-order valence-corrected chi connectivity index (χ3v) is 13.8. The number of thiocarbonyl (C=S) groups is 1. The summed E-state index contributed by atoms with van der Waals surface area (Å²) in [6.07, 6.45) is -0.794. The molecule has 0 radical (unpaired) electrons. The lowest BCUT2D eigenvalue weighted by Gasteiger charge is -2.43. The zero-order valence-electron chi connectivity index (χ0n) is 25.3. The van der Waals surface area contributed by atoms with Crippen LogP contribution < -0.4 is 15.7 Å². The second kappa shape index (κ2) is 13.9. The van der Waals surface area contributed by atoms with E-state index in [9.17, 15) is 0 Å². The Balaban J connectivity index is 1.45. The van der Waals surface area contributed by atoms with Crippen molar-refractivity contribution in [2.45, 2.75) is 64.2 Å². The molecule has 5 rings (SSSR count). The first kappa shape index (κ1) is 31.6. The number of aryl methyl sites for hydroxylation is 1. The molecule has 4 aromatic rings. The minimum absolute atomic E-state index is 0.146. The molecule has 1 fully saturated rings. The molecule has 3 unspecified atom stereocenters. The van der Waals surface area contributed by atoms with Gasteiger partial charge in [0.15, 0.2) is 0 Å². The van der Waals surface area contributed by atoms with Crippen LogP contribution in [0, 0.1) is 6.92 Å². The Morgan fingerprint density at radius 2 is 1.42 bits per heavy atom. The highest BCUT2D eigenvalue weighted by molar-refractivity contribution is 7.80. The lowest BCUT2D eigenvalue weighted by molar-refractivity contribution is -0.0608. The predicted molar refractivity (Wildman–Crippen MR) is 183 cm³/mol. The molecule has 0 bridgehead atoms. The van der Waals surface area contributed by atoms with E-state index >= 15 is 0 Å². The molecule has 43 heavy (non-hydrogen) atoms. The summed E-state index contributed by atoms with van der Waals surface area (Å²) in [5.41, 5.74) is 3.21. The molecule has 4 nitrogen and oxygen atoms in total. The van der Waals surface area contributed by atoms with Gasteiger partial charge in [0, 0.05) is 5.02 Å². The lowest BCUT2D eigenvalue weighted by atomic mass is 10.1. The summed E-state index contributed by atoms with van der Waals surface area (Å²) in [5, 5.41) is 6.52. The summed E-state index contributed by atoms with van der Waals surface area (Å²) in [4.78, 5) is 0.623. The Morgan fingerprint density at radius 3 is 2.02 bits per heavy atom. The summed E-state index contributed by atoms with van der Waals surface area (Å²) in [5.74, 6) is 0. The van der Waals surface area contributed by atoms with Crippen molar-refractivity contribution in [3.63, 3.8) is 0 Å². The standard InChI is InChI=1S/C36H40ClNO3SSi/c1-26-14-13-15-27(22-26)23-39-33-32(38-35(42)34(33)40-24-28-16-11-12-21-31(28)37)25-41-43(36(2,3)4,29-17-7-5-8-18-29)30-19-9-6-10-20-30/h5-22,32-34H,23-25H2,1-4H3,(H,38,42). The van der Waals surface area contributed by atoms with E-state index in [-0.39, 0.29) is 17.2 Å². The second-order valence-corrected chi connectivity index (χ2v) is 17.3. The van der Waals surface area contributed by atoms with Gasteiger partial charge >= 0.3 is 0 Å². The van der Waals surface area contributed by atoms with Gasteiger partial charge in [-0.05, 0) is 39.5 Å². The molecule has 0 aliphatic carbocycles. The average molecular weight is 630 g/mol. The smallest absolute Gasteiger partial charge is 0.261 e. The summed E-state index contributed by atoms with van der Waals surface area (Å²) < 4.78 is 20.4. The SMILES string of the molecule is Cc1cccc(COC2C(CO[Si](c3ccccc3)(c3ccccc3)C(C)(C)C)NC(=S)C2OCc2ccccc2Cl)c1. The molecule has 224 valence electrons. The molecule has 1 heterocycles. The van der Waals surface area contributed by atoms with Crippen molar-refractivity contribution in [3.8, 4) is 0 Å². The van der Waals surface area contributed by atoms with Crippen molar-refractivity contribution in [3.05, 3.63) is 131 Å². The number of halogens is 1. The largest absolute Gasteiger partial charge is 0.405 e. The van der Waals surface area contributed by atoms with E-state index < -0.39 is 14.4 Å². The summed E-state index contributed by atoms with van der Waals surface area (Å²) in [6.45, 7) is 10.1. The van der Waals surface area contributed by atoms with Crippen molar-refractivity contribution >= 4 is 47.5 Å². The van der Waals surface area contributed by atoms with Crippen LogP contribution in [0.5, 0.6) is 0 Å². The molecular weight excluding hydrogens is 590 g/mol. The zero-order valence-corrected chi connectivity index (χ0v) is 27.8. The minimum Gasteiger partial charge on any atom is -0.405 e. The lowest BCUT2D eigenvalue weighted by Crippen LogP contribution is -2.67. The Bertz CT molecular complexity index is 1470. The number of rotatable bonds is 11. The van der Waals surface area contributed by atoms with Crippen LogP contribution >= 0.6 is 23.8 Å². The molecule has 0 spiro atoms. The average Bonchev–Trinajstić information content (AvgIpc) is 3.30. The van der Waals surface area contributed by atoms with Crippen molar-refractivity contribution in [1.29, 1.82) is 0 Å². The summed E-state index contributed by atoms with van der Waals surface area (Å²) in [6, 6.07) is 37.3. The highest BCUT2D eigenvalue weighted by Crippen LogP contribution is 2.37. The molecule has 0 saturated carbocycles. The quantitative estimate of drug-likeness (QED) is 0.143. The first-order valence-electron chi connectivity index (χ1n) is 14.8. The third-order valence-electron chi connectivity index (χ3n) is 8.08. The van der Waals surface area contributed by atoms with Gasteiger partial charge in [-0.3, -0.25) is 0 Å². The van der Waals surface area contributed by atoms with Gasteiger partial charge in [-0.1, -0.05) is 153 Å². The third kappa shape index (κ3) is 7.12. The van der Waals surface area contributed by atoms with Gasteiger partial charge in [0.2, 0.25) is 0 Å². The van der Waals surface area contributed by atoms with Crippen LogP contribution in [0.15, 0.2) is 109 Å². The van der Waals surface area contributed by atoms with Crippen molar-refractivity contribution in [1.82, 2.24) is 5.32 Å². The highest BCUT2D eigenvalue weighted by atomic mass is 35.5. The normalized spacial score (nSPS) is 18.9. The fraction of sp³-hybridized carbons (Fsp3) is 0.306. The van der Waals surface area contributed by atoms with Crippen molar-refractivity contribution < 1.29 is 13.9 Å². The van der Waals surface area contributed by atoms with Crippen LogP contribution in [-0.2, 0) is 27.1 Å². The molecule has 1 aliphatic rings. The Hall–Kier alpha value is -2.84. The summed E-state index contributed by atoms with van der Waals surface area (Å²) in [7, 11) is -2.76. The van der Waals surface area contributed by atoms with Crippen LogP contribution in [0.25, 0.3) is 0 Å². The second-order valence-electron chi connectivity index (χ2n) is 12.2. The van der Waals surface area contributed by atoms with Gasteiger partial charge in [-0.15, -0.1) is 0 Å². The molecule has 0 aromatic heterocycles. The summed E-state index contributed by atoms with van der Waals surface area (Å²) >= 11 is 12.3. The zero-order chi connectivity index (χ0) is 30.5. The fourth-order valence-corrected chi connectivity index (χ4v) is 11.1. The molecule has 4 aromatic carbocycles. The Labute approximate surface area is 267 Å². The van der Waals surface area contributed by atoms with Crippen molar-refractivity contribution in [2.75, 3.05) is 6.61 Å². The van der Waals surface area contributed by atoms with E-state index in [0.717, 1.165) is 11.1 Å². The van der Waals surface area contributed by atoms with Crippen LogP contribution in [0.3, 0.4) is 0 Å². The number of hydrogen-bond acceptors (Lipinski definition) is 4. The monoisotopic (exact) mass is 629 g/mol. The van der Waals surface area contributed by atoms with E-state index in [1.165, 1.54) is 15.9 Å². The number of ether oxygens (including phenoxy) is 2. The molecule has 3 atom stereocenters. The van der Waals surface area contributed by atoms with Crippen LogP contribution in [0.4, 0.5) is 0 Å². The van der Waals surface area contributed by atoms with Gasteiger partial charge in [0.25, 0.3) is 8.32 Å². The topological polar surface area (TPSA) is 39.7 Å². The highest BCUT2D eigenvalue weighted by Gasteiger charge is 2.52. The molecule has 7 heteroatoms. The molecule has 1 saturated heterocycles. The molecule has 1 N–H and O–H groups in total. The Kier molecular flexibility index (Phi) is 10.2. The van der Waals surface area contributed by atoms with Gasteiger partial charge in [-0.2, -0.15) is 0 Å². The van der Waals surface area contributed by atoms with E-state index in [0.29, 0.717) is 29.8 Å². The van der Waals surface area contributed by atoms with E-state index in [1.54, 1.807) is 0 Å². The van der Waals surface area contributed by atoms with E-state index in [1.807, 2.05) is 24.3 Å². The van der Waals surface area contributed by atoms with Gasteiger partial charge in [0.1, 0.15) is 17.2 Å². The van der Waals surface area contributed by atoms with Gasteiger partial charge in [-0.25, -0.2) is 0 Å². The number of benzene rings is 4. The van der Waals surface area contributed by atoms with Gasteiger partial charge in [0.05, 0.1) is 25.9 Å². The maximum atomic E-state index is 7.29. The first-order chi connectivity index (χ1) is 20.7. The maximum Gasteiger partial charge on any atom is 0.261 e. The molecule has 1 aliphatic heterocycles.